The number of rotatable bonds is 4. The molecule has 0 bridgehead atoms. The van der Waals surface area contributed by atoms with Gasteiger partial charge < -0.3 is 20.8 Å². The lowest BCUT2D eigenvalue weighted by molar-refractivity contribution is -0.143. The van der Waals surface area contributed by atoms with Crippen molar-refractivity contribution in [1.82, 2.24) is 10.6 Å². The van der Waals surface area contributed by atoms with Crippen LogP contribution in [0.5, 0.6) is 0 Å². The summed E-state index contributed by atoms with van der Waals surface area (Å²) in [5.41, 5.74) is 0. The number of carboxylic acid groups (broad SMARTS) is 1. The summed E-state index contributed by atoms with van der Waals surface area (Å²) in [4.78, 5) is 22.2. The minimum Gasteiger partial charge on any atom is -0.480 e. The van der Waals surface area contributed by atoms with Gasteiger partial charge in [0.2, 0.25) is 5.91 Å². The molecule has 6 nitrogen and oxygen atoms in total. The van der Waals surface area contributed by atoms with Crippen molar-refractivity contribution in [3.05, 3.63) is 0 Å². The molecule has 0 aromatic heterocycles. The normalized spacial score (nSPS) is 27.3. The van der Waals surface area contributed by atoms with Gasteiger partial charge in [-0.15, -0.1) is 0 Å². The number of amides is 1. The molecule has 3 atom stereocenters. The smallest absolute Gasteiger partial charge is 0.328 e. The van der Waals surface area contributed by atoms with Crippen LogP contribution < -0.4 is 10.6 Å². The molecule has 0 aromatic rings. The van der Waals surface area contributed by atoms with E-state index in [1.54, 1.807) is 0 Å². The Morgan fingerprint density at radius 1 is 1.53 bits per heavy atom. The van der Waals surface area contributed by atoms with Gasteiger partial charge in [0.15, 0.2) is 0 Å². The zero-order chi connectivity index (χ0) is 11.4. The standard InChI is InChI=1S/C9H16N2O4/c1-5-2-10-3-6(5)8(13)11-7(4-12)9(14)15/h5-7,10,12H,2-4H2,1H3,(H,11,13)(H,14,15)/t5?,6?,7-/m0/s1. The Hall–Kier alpha value is -1.14. The predicted molar refractivity (Wildman–Crippen MR) is 52.2 cm³/mol. The maximum Gasteiger partial charge on any atom is 0.328 e. The molecule has 1 fully saturated rings. The lowest BCUT2D eigenvalue weighted by atomic mass is 9.97. The molecule has 1 amide bonds. The van der Waals surface area contributed by atoms with Gasteiger partial charge in [-0.05, 0) is 12.5 Å². The van der Waals surface area contributed by atoms with Crippen LogP contribution in [0.1, 0.15) is 6.92 Å². The van der Waals surface area contributed by atoms with Gasteiger partial charge in [-0.2, -0.15) is 0 Å². The summed E-state index contributed by atoms with van der Waals surface area (Å²) in [6, 6.07) is -1.20. The summed E-state index contributed by atoms with van der Waals surface area (Å²) in [7, 11) is 0. The summed E-state index contributed by atoms with van der Waals surface area (Å²) < 4.78 is 0. The fourth-order valence-electron chi connectivity index (χ4n) is 1.63. The number of hydrogen-bond donors (Lipinski definition) is 4. The van der Waals surface area contributed by atoms with E-state index in [9.17, 15) is 9.59 Å². The fraction of sp³-hybridized carbons (Fsp3) is 0.778. The maximum atomic E-state index is 11.6. The number of hydrogen-bond acceptors (Lipinski definition) is 4. The van der Waals surface area contributed by atoms with Gasteiger partial charge in [0.25, 0.3) is 0 Å². The number of carboxylic acids is 1. The zero-order valence-electron chi connectivity index (χ0n) is 8.56. The van der Waals surface area contributed by atoms with Crippen molar-refractivity contribution in [3.63, 3.8) is 0 Å². The first kappa shape index (κ1) is 11.9. The highest BCUT2D eigenvalue weighted by atomic mass is 16.4. The van der Waals surface area contributed by atoms with Gasteiger partial charge in [0.1, 0.15) is 6.04 Å². The van der Waals surface area contributed by atoms with Crippen molar-refractivity contribution in [1.29, 1.82) is 0 Å². The molecule has 0 radical (unpaired) electrons. The van der Waals surface area contributed by atoms with Crippen LogP contribution in [-0.4, -0.2) is 47.8 Å². The third kappa shape index (κ3) is 2.90. The molecule has 0 aliphatic carbocycles. The van der Waals surface area contributed by atoms with Gasteiger partial charge in [-0.1, -0.05) is 6.92 Å². The molecule has 0 spiro atoms. The molecule has 0 aromatic carbocycles. The third-order valence-electron chi connectivity index (χ3n) is 2.65. The fourth-order valence-corrected chi connectivity index (χ4v) is 1.63. The number of aliphatic carboxylic acids is 1. The van der Waals surface area contributed by atoms with Crippen molar-refractivity contribution in [2.24, 2.45) is 11.8 Å². The average molecular weight is 216 g/mol. The molecule has 2 unspecified atom stereocenters. The number of aliphatic hydroxyl groups excluding tert-OH is 1. The van der Waals surface area contributed by atoms with E-state index in [0.717, 1.165) is 6.54 Å². The summed E-state index contributed by atoms with van der Waals surface area (Å²) >= 11 is 0. The second-order valence-electron chi connectivity index (χ2n) is 3.82. The number of carbonyl (C=O) groups is 2. The SMILES string of the molecule is CC1CNCC1C(=O)N[C@@H](CO)C(=O)O. The lowest BCUT2D eigenvalue weighted by Crippen LogP contribution is -2.47. The minimum absolute atomic E-state index is 0.193. The molecule has 1 rings (SSSR count). The summed E-state index contributed by atoms with van der Waals surface area (Å²) in [5, 5.41) is 22.7. The van der Waals surface area contributed by atoms with Gasteiger partial charge in [-0.25, -0.2) is 4.79 Å². The minimum atomic E-state index is -1.22. The molecular formula is C9H16N2O4. The van der Waals surface area contributed by atoms with Crippen LogP contribution >= 0.6 is 0 Å². The van der Waals surface area contributed by atoms with E-state index < -0.39 is 18.6 Å². The van der Waals surface area contributed by atoms with Crippen molar-refractivity contribution in [3.8, 4) is 0 Å². The van der Waals surface area contributed by atoms with Crippen LogP contribution in [-0.2, 0) is 9.59 Å². The molecule has 1 aliphatic heterocycles. The molecular weight excluding hydrogens is 200 g/mol. The van der Waals surface area contributed by atoms with Crippen molar-refractivity contribution >= 4 is 11.9 Å². The Morgan fingerprint density at radius 2 is 2.20 bits per heavy atom. The van der Waals surface area contributed by atoms with Crippen molar-refractivity contribution < 1.29 is 19.8 Å². The highest BCUT2D eigenvalue weighted by Gasteiger charge is 2.31. The van der Waals surface area contributed by atoms with Crippen LogP contribution in [0, 0.1) is 11.8 Å². The third-order valence-corrected chi connectivity index (χ3v) is 2.65. The summed E-state index contributed by atoms with van der Waals surface area (Å²) in [6.45, 7) is 2.66. The largest absolute Gasteiger partial charge is 0.480 e. The lowest BCUT2D eigenvalue weighted by Gasteiger charge is -2.17. The van der Waals surface area contributed by atoms with Gasteiger partial charge >= 0.3 is 5.97 Å². The van der Waals surface area contributed by atoms with Crippen LogP contribution in [0.15, 0.2) is 0 Å². The maximum absolute atomic E-state index is 11.6. The van der Waals surface area contributed by atoms with Gasteiger partial charge in [0.05, 0.1) is 12.5 Å². The Balaban J connectivity index is 2.50. The number of aliphatic hydroxyl groups is 1. The van der Waals surface area contributed by atoms with E-state index in [1.807, 2.05) is 6.92 Å². The first-order valence-corrected chi connectivity index (χ1v) is 4.91. The Bertz CT molecular complexity index is 256. The van der Waals surface area contributed by atoms with Gasteiger partial charge in [0, 0.05) is 6.54 Å². The second-order valence-corrected chi connectivity index (χ2v) is 3.82. The van der Waals surface area contributed by atoms with E-state index in [-0.39, 0.29) is 17.7 Å². The Kier molecular flexibility index (Phi) is 4.05. The topological polar surface area (TPSA) is 98.7 Å². The second kappa shape index (κ2) is 5.09. The highest BCUT2D eigenvalue weighted by Crippen LogP contribution is 2.15. The van der Waals surface area contributed by atoms with Crippen LogP contribution in [0.3, 0.4) is 0 Å². The number of nitrogens with one attached hydrogen (secondary N) is 2. The Labute approximate surface area is 87.7 Å². The molecule has 86 valence electrons. The highest BCUT2D eigenvalue weighted by molar-refractivity contribution is 5.85. The van der Waals surface area contributed by atoms with Crippen molar-refractivity contribution in [2.45, 2.75) is 13.0 Å². The molecule has 6 heteroatoms. The summed E-state index contributed by atoms with van der Waals surface area (Å²) in [5.74, 6) is -1.55. The quantitative estimate of drug-likeness (QED) is 0.454. The molecule has 1 heterocycles. The molecule has 15 heavy (non-hydrogen) atoms. The zero-order valence-corrected chi connectivity index (χ0v) is 8.56. The van der Waals surface area contributed by atoms with E-state index in [2.05, 4.69) is 10.6 Å². The first-order chi connectivity index (χ1) is 7.06. The van der Waals surface area contributed by atoms with Crippen LogP contribution in [0.4, 0.5) is 0 Å². The number of carbonyl (C=O) groups excluding carboxylic acids is 1. The first-order valence-electron chi connectivity index (χ1n) is 4.91. The summed E-state index contributed by atoms with van der Waals surface area (Å²) in [6.07, 6.45) is 0. The van der Waals surface area contributed by atoms with E-state index in [4.69, 9.17) is 10.2 Å². The average Bonchev–Trinajstić information content (AvgIpc) is 2.60. The van der Waals surface area contributed by atoms with Crippen molar-refractivity contribution in [2.75, 3.05) is 19.7 Å². The molecule has 1 aliphatic rings. The van der Waals surface area contributed by atoms with Crippen LogP contribution in [0.2, 0.25) is 0 Å². The molecule has 4 N–H and O–H groups in total. The van der Waals surface area contributed by atoms with E-state index in [1.165, 1.54) is 0 Å². The Morgan fingerprint density at radius 3 is 2.60 bits per heavy atom. The van der Waals surface area contributed by atoms with E-state index in [0.29, 0.717) is 6.54 Å². The van der Waals surface area contributed by atoms with Crippen LogP contribution in [0.25, 0.3) is 0 Å². The predicted octanol–water partition coefficient (Wildman–Crippen LogP) is -1.60. The molecule has 0 saturated carbocycles. The van der Waals surface area contributed by atoms with Gasteiger partial charge in [-0.3, -0.25) is 4.79 Å². The molecule has 1 saturated heterocycles. The van der Waals surface area contributed by atoms with E-state index >= 15 is 0 Å². The monoisotopic (exact) mass is 216 g/mol.